The second-order valence-corrected chi connectivity index (χ2v) is 37.1. The van der Waals surface area contributed by atoms with Gasteiger partial charge in [0.2, 0.25) is 14.2 Å². The van der Waals surface area contributed by atoms with Crippen LogP contribution in [0.5, 0.6) is 0 Å². The van der Waals surface area contributed by atoms with Crippen molar-refractivity contribution in [3.05, 3.63) is 16.6 Å². The molecule has 3 rings (SSSR count). The summed E-state index contributed by atoms with van der Waals surface area (Å²) in [5.74, 6) is 2.94. The molecule has 0 aromatic carbocycles. The van der Waals surface area contributed by atoms with Crippen LogP contribution >= 0.6 is 11.3 Å². The average Bonchev–Trinajstić information content (AvgIpc) is 3.45. The van der Waals surface area contributed by atoms with Crippen LogP contribution in [0.4, 0.5) is 0 Å². The molecule has 2 fully saturated rings. The lowest BCUT2D eigenvalue weighted by Crippen LogP contribution is -2.53. The molecule has 2 aliphatic rings. The van der Waals surface area contributed by atoms with Gasteiger partial charge in [0.15, 0.2) is 16.6 Å². The van der Waals surface area contributed by atoms with Crippen LogP contribution < -0.4 is 0 Å². The highest BCUT2D eigenvalue weighted by Gasteiger charge is 2.58. The van der Waals surface area contributed by atoms with Crippen molar-refractivity contribution >= 4 is 63.7 Å². The van der Waals surface area contributed by atoms with Crippen LogP contribution in [0, 0.1) is 28.7 Å². The summed E-state index contributed by atoms with van der Waals surface area (Å²) in [5, 5.41) is 1.73. The lowest BCUT2D eigenvalue weighted by Gasteiger charge is -2.44. The number of ketones is 1. The summed E-state index contributed by atoms with van der Waals surface area (Å²) in [6.45, 7) is 33.5. The molecule has 60 heavy (non-hydrogen) atoms. The van der Waals surface area contributed by atoms with Gasteiger partial charge in [-0.25, -0.2) is 13.4 Å². The van der Waals surface area contributed by atoms with E-state index in [1.165, 1.54) is 0 Å². The van der Waals surface area contributed by atoms with Gasteiger partial charge in [0.25, 0.3) is 0 Å². The smallest absolute Gasteiger partial charge is 0.309 e. The highest BCUT2D eigenvalue weighted by atomic mass is 32.2. The Morgan fingerprint density at radius 2 is 1.55 bits per heavy atom. The van der Waals surface area contributed by atoms with Crippen molar-refractivity contribution < 1.29 is 31.6 Å². The number of carbonyl (C=O) groups excluding carboxylic acids is 2. The summed E-state index contributed by atoms with van der Waals surface area (Å²) in [4.78, 5) is 36.7. The zero-order valence-electron chi connectivity index (χ0n) is 40.4. The van der Waals surface area contributed by atoms with Crippen molar-refractivity contribution in [1.82, 2.24) is 9.88 Å². The number of ether oxygens (including phenoxy) is 1. The molecule has 0 bridgehead atoms. The number of thiazole rings is 1. The lowest BCUT2D eigenvalue weighted by molar-refractivity contribution is -0.153. The first kappa shape index (κ1) is 52.9. The third-order valence-corrected chi connectivity index (χ3v) is 27.1. The van der Waals surface area contributed by atoms with Gasteiger partial charge >= 0.3 is 5.97 Å². The Labute approximate surface area is 373 Å². The van der Waals surface area contributed by atoms with Gasteiger partial charge in [0.1, 0.15) is 20.0 Å². The van der Waals surface area contributed by atoms with Gasteiger partial charge in [-0.2, -0.15) is 0 Å². The molecule has 0 amide bonds. The highest BCUT2D eigenvalue weighted by molar-refractivity contribution is 7.92. The van der Waals surface area contributed by atoms with Crippen molar-refractivity contribution in [1.29, 1.82) is 0 Å². The van der Waals surface area contributed by atoms with E-state index in [1.54, 1.807) is 5.38 Å². The van der Waals surface area contributed by atoms with E-state index in [2.05, 4.69) is 103 Å². The molecule has 0 aliphatic carbocycles. The van der Waals surface area contributed by atoms with Crippen LogP contribution in [0.1, 0.15) is 127 Å². The molecule has 8 atom stereocenters. The predicted octanol–water partition coefficient (Wildman–Crippen LogP) is 11.2. The first-order chi connectivity index (χ1) is 27.8. The van der Waals surface area contributed by atoms with Gasteiger partial charge in [-0.15, -0.1) is 22.8 Å². The maximum Gasteiger partial charge on any atom is 0.309 e. The molecule has 0 spiro atoms. The topological polar surface area (TPSA) is 112 Å². The number of fused-ring (bicyclic) bond motifs is 1. The third kappa shape index (κ3) is 13.3. The zero-order chi connectivity index (χ0) is 45.5. The van der Waals surface area contributed by atoms with Gasteiger partial charge in [0.05, 0.1) is 24.3 Å². The SMILES string of the molecule is CC[Si](CC)(CC)O[C@H]1[C@@H](C)CCC[C@]2(C)[C@H](C[C@@H](/C(C)=C/c3csc(S(C)(=O)=O)n3)OC(=O)C[C@H](O[Si](CC)(CC)CC)C(C)(C)C(=O)[C@@H]1C)N2CCC#C[Si](C)(C)C. The Balaban J connectivity index is 2.20. The Morgan fingerprint density at radius 1 is 0.983 bits per heavy atom. The molecule has 3 heterocycles. The summed E-state index contributed by atoms with van der Waals surface area (Å²) in [5.41, 5.74) is 3.75. The summed E-state index contributed by atoms with van der Waals surface area (Å²) in [6.07, 6.45) is 5.72. The van der Waals surface area contributed by atoms with E-state index < -0.39 is 58.1 Å². The first-order valence-electron chi connectivity index (χ1n) is 23.0. The number of carbonyl (C=O) groups is 2. The normalized spacial score (nSPS) is 29.0. The fourth-order valence-corrected chi connectivity index (χ4v) is 17.8. The third-order valence-electron chi connectivity index (χ3n) is 14.3. The van der Waals surface area contributed by atoms with E-state index in [4.69, 9.17) is 13.6 Å². The number of nitrogens with zero attached hydrogens (tertiary/aromatic N) is 2. The molecular formula is C46H82N2O7S2Si3. The predicted molar refractivity (Wildman–Crippen MR) is 258 cm³/mol. The number of hydrogen-bond donors (Lipinski definition) is 0. The number of cyclic esters (lactones) is 1. The van der Waals surface area contributed by atoms with Crippen LogP contribution in [-0.4, -0.2) is 97.5 Å². The van der Waals surface area contributed by atoms with Crippen LogP contribution in [0.2, 0.25) is 55.9 Å². The van der Waals surface area contributed by atoms with Crippen molar-refractivity contribution in [2.45, 2.75) is 212 Å². The van der Waals surface area contributed by atoms with E-state index in [9.17, 15) is 13.2 Å². The van der Waals surface area contributed by atoms with Gasteiger partial charge in [-0.3, -0.25) is 14.5 Å². The Kier molecular flexibility index (Phi) is 18.9. The average molecular weight is 924 g/mol. The molecule has 1 aromatic rings. The Bertz CT molecular complexity index is 1790. The summed E-state index contributed by atoms with van der Waals surface area (Å²) < 4.78 is 45.8. The van der Waals surface area contributed by atoms with Crippen molar-refractivity contribution in [3.8, 4) is 11.5 Å². The largest absolute Gasteiger partial charge is 0.458 e. The summed E-state index contributed by atoms with van der Waals surface area (Å²) in [6, 6.07) is 5.83. The highest BCUT2D eigenvalue weighted by Crippen LogP contribution is 2.49. The number of rotatable bonds is 15. The molecule has 9 nitrogen and oxygen atoms in total. The minimum absolute atomic E-state index is 0.0461. The van der Waals surface area contributed by atoms with Gasteiger partial charge in [0, 0.05) is 53.9 Å². The maximum atomic E-state index is 15.2. The molecule has 0 radical (unpaired) electrons. The van der Waals surface area contributed by atoms with E-state index in [0.29, 0.717) is 12.1 Å². The van der Waals surface area contributed by atoms with Crippen LogP contribution in [0.15, 0.2) is 15.3 Å². The number of hydrogen-bond acceptors (Lipinski definition) is 10. The minimum Gasteiger partial charge on any atom is -0.458 e. The molecule has 14 heteroatoms. The van der Waals surface area contributed by atoms with Gasteiger partial charge < -0.3 is 13.6 Å². The lowest BCUT2D eigenvalue weighted by atomic mass is 9.73. The first-order valence-corrected chi connectivity index (χ1v) is 34.3. The van der Waals surface area contributed by atoms with Gasteiger partial charge in [-0.1, -0.05) is 95.3 Å². The molecule has 0 saturated carbocycles. The Morgan fingerprint density at radius 3 is 2.07 bits per heavy atom. The monoisotopic (exact) mass is 922 g/mol. The fourth-order valence-electron chi connectivity index (χ4n) is 9.49. The van der Waals surface area contributed by atoms with E-state index in [1.807, 2.05) is 26.8 Å². The molecule has 0 N–H and O–H groups in total. The number of sulfone groups is 1. The van der Waals surface area contributed by atoms with Crippen molar-refractivity contribution in [2.75, 3.05) is 12.8 Å². The number of Topliss-reactive ketones (excluding diaryl/α,β-unsaturated/α-hetero) is 1. The number of aromatic nitrogens is 1. The van der Waals surface area contributed by atoms with E-state index in [-0.39, 0.29) is 46.1 Å². The number of esters is 1. The molecule has 342 valence electrons. The molecule has 2 aliphatic heterocycles. The van der Waals surface area contributed by atoms with Gasteiger partial charge in [-0.05, 0) is 80.5 Å². The molecule has 1 unspecified atom stereocenters. The quantitative estimate of drug-likeness (QED) is 0.0734. The summed E-state index contributed by atoms with van der Waals surface area (Å²) in [7, 11) is -9.39. The Hall–Kier alpha value is -1.45. The summed E-state index contributed by atoms with van der Waals surface area (Å²) >= 11 is 1.09. The van der Waals surface area contributed by atoms with E-state index in [0.717, 1.165) is 91.7 Å². The molecule has 1 aromatic heterocycles. The second-order valence-electron chi connectivity index (χ2n) is 19.9. The standard InChI is InChI=1S/C46H82N2O7S2Si3/c1-17-59(18-2,19-3)54-40-32-41(49)53-38(35(8)30-37-33-56-44(47-37)57(13,51)52)31-39-46(12,48(39)28-23-24-29-58(14,15)16)27-25-26-34(7)42(36(9)43(50)45(40,10)11)55-60(20-4,21-5)22-6/h30,33-34,36,38-40,42H,17-23,25-28,31-32H2,1-16H3/b35-30+/t34-,36+,38-,39-,40-,42-,46+,48?/m0/s1. The van der Waals surface area contributed by atoms with E-state index >= 15 is 4.79 Å². The van der Waals surface area contributed by atoms with Crippen LogP contribution in [0.3, 0.4) is 0 Å². The van der Waals surface area contributed by atoms with Crippen molar-refractivity contribution in [3.63, 3.8) is 0 Å². The second kappa shape index (κ2) is 21.5. The fraction of sp³-hybridized carbons (Fsp3) is 0.804. The minimum atomic E-state index is -3.46. The van der Waals surface area contributed by atoms with Crippen LogP contribution in [0.25, 0.3) is 6.08 Å². The molecular weight excluding hydrogens is 841 g/mol. The van der Waals surface area contributed by atoms with Crippen molar-refractivity contribution in [2.24, 2.45) is 17.3 Å². The maximum absolute atomic E-state index is 15.2. The molecule has 2 saturated heterocycles. The zero-order valence-corrected chi connectivity index (χ0v) is 45.0. The van der Waals surface area contributed by atoms with Crippen LogP contribution in [-0.2, 0) is 33.0 Å².